The van der Waals surface area contributed by atoms with Crippen LogP contribution >= 0.6 is 0 Å². The van der Waals surface area contributed by atoms with E-state index >= 15 is 0 Å². The van der Waals surface area contributed by atoms with Crippen LogP contribution in [0.2, 0.25) is 0 Å². The number of ether oxygens (including phenoxy) is 2. The molecule has 0 saturated carbocycles. The molecule has 0 spiro atoms. The SMILES string of the molecule is COC(=O)C(N)C1C[C@@H](C)O[C@@H](C)C1. The largest absolute Gasteiger partial charge is 0.468 e. The average molecular weight is 201 g/mol. The van der Waals surface area contributed by atoms with Crippen molar-refractivity contribution < 1.29 is 14.3 Å². The Morgan fingerprint density at radius 1 is 1.43 bits per heavy atom. The first-order valence-electron chi connectivity index (χ1n) is 5.03. The van der Waals surface area contributed by atoms with E-state index in [1.165, 1.54) is 7.11 Å². The minimum absolute atomic E-state index is 0.180. The molecule has 1 heterocycles. The number of methoxy groups -OCH3 is 1. The van der Waals surface area contributed by atoms with E-state index in [2.05, 4.69) is 4.74 Å². The van der Waals surface area contributed by atoms with E-state index in [1.54, 1.807) is 0 Å². The van der Waals surface area contributed by atoms with Crippen molar-refractivity contribution in [2.45, 2.75) is 44.9 Å². The van der Waals surface area contributed by atoms with Crippen molar-refractivity contribution in [1.29, 1.82) is 0 Å². The summed E-state index contributed by atoms with van der Waals surface area (Å²) in [5, 5.41) is 0. The fourth-order valence-corrected chi connectivity index (χ4v) is 2.08. The summed E-state index contributed by atoms with van der Waals surface area (Å²) in [5.41, 5.74) is 5.80. The van der Waals surface area contributed by atoms with Crippen LogP contribution in [0.25, 0.3) is 0 Å². The summed E-state index contributed by atoms with van der Waals surface area (Å²) in [6, 6.07) is -0.506. The van der Waals surface area contributed by atoms with Crippen molar-refractivity contribution in [2.24, 2.45) is 11.7 Å². The highest BCUT2D eigenvalue weighted by molar-refractivity contribution is 5.75. The van der Waals surface area contributed by atoms with Crippen LogP contribution in [0.1, 0.15) is 26.7 Å². The van der Waals surface area contributed by atoms with E-state index in [1.807, 2.05) is 13.8 Å². The van der Waals surface area contributed by atoms with Crippen molar-refractivity contribution in [3.05, 3.63) is 0 Å². The molecule has 1 fully saturated rings. The maximum atomic E-state index is 11.2. The number of hydrogen-bond donors (Lipinski definition) is 1. The second kappa shape index (κ2) is 4.75. The maximum absolute atomic E-state index is 11.2. The molecule has 2 N–H and O–H groups in total. The number of carbonyl (C=O) groups is 1. The van der Waals surface area contributed by atoms with Crippen molar-refractivity contribution in [2.75, 3.05) is 7.11 Å². The lowest BCUT2D eigenvalue weighted by atomic mass is 9.87. The quantitative estimate of drug-likeness (QED) is 0.668. The van der Waals surface area contributed by atoms with Gasteiger partial charge in [0.05, 0.1) is 19.3 Å². The number of hydrogen-bond acceptors (Lipinski definition) is 4. The predicted molar refractivity (Wildman–Crippen MR) is 52.7 cm³/mol. The predicted octanol–water partition coefficient (Wildman–Crippen LogP) is 0.690. The van der Waals surface area contributed by atoms with Gasteiger partial charge in [0, 0.05) is 0 Å². The molecule has 1 rings (SSSR count). The van der Waals surface area contributed by atoms with Gasteiger partial charge in [0.1, 0.15) is 6.04 Å². The van der Waals surface area contributed by atoms with Crippen LogP contribution in [-0.2, 0) is 14.3 Å². The molecule has 82 valence electrons. The number of nitrogens with two attached hydrogens (primary N) is 1. The van der Waals surface area contributed by atoms with E-state index in [-0.39, 0.29) is 24.1 Å². The van der Waals surface area contributed by atoms with Gasteiger partial charge in [-0.15, -0.1) is 0 Å². The third-order valence-electron chi connectivity index (χ3n) is 2.72. The minimum atomic E-state index is -0.506. The molecule has 14 heavy (non-hydrogen) atoms. The number of esters is 1. The molecule has 0 bridgehead atoms. The molecule has 0 aromatic carbocycles. The molecule has 4 heteroatoms. The molecule has 1 saturated heterocycles. The van der Waals surface area contributed by atoms with E-state index in [9.17, 15) is 4.79 Å². The van der Waals surface area contributed by atoms with Gasteiger partial charge in [0.15, 0.2) is 0 Å². The van der Waals surface area contributed by atoms with Gasteiger partial charge in [0.2, 0.25) is 0 Å². The summed E-state index contributed by atoms with van der Waals surface area (Å²) in [6.45, 7) is 4.01. The highest BCUT2D eigenvalue weighted by Crippen LogP contribution is 2.26. The molecule has 0 radical (unpaired) electrons. The van der Waals surface area contributed by atoms with Gasteiger partial charge in [-0.3, -0.25) is 4.79 Å². The fourth-order valence-electron chi connectivity index (χ4n) is 2.08. The van der Waals surface area contributed by atoms with Crippen LogP contribution in [0, 0.1) is 5.92 Å². The van der Waals surface area contributed by atoms with Crippen molar-refractivity contribution >= 4 is 5.97 Å². The molecule has 0 aromatic rings. The topological polar surface area (TPSA) is 61.5 Å². The Morgan fingerprint density at radius 3 is 2.36 bits per heavy atom. The summed E-state index contributed by atoms with van der Waals surface area (Å²) in [5.74, 6) is -0.141. The summed E-state index contributed by atoms with van der Waals surface area (Å²) >= 11 is 0. The molecule has 1 aliphatic rings. The highest BCUT2D eigenvalue weighted by Gasteiger charge is 2.32. The van der Waals surface area contributed by atoms with Gasteiger partial charge in [0.25, 0.3) is 0 Å². The third-order valence-corrected chi connectivity index (χ3v) is 2.72. The van der Waals surface area contributed by atoms with Crippen molar-refractivity contribution in [3.8, 4) is 0 Å². The minimum Gasteiger partial charge on any atom is -0.468 e. The van der Waals surface area contributed by atoms with Gasteiger partial charge in [-0.05, 0) is 32.6 Å². The van der Waals surface area contributed by atoms with Crippen LogP contribution in [0.5, 0.6) is 0 Å². The number of rotatable bonds is 2. The first-order valence-corrected chi connectivity index (χ1v) is 5.03. The normalized spacial score (nSPS) is 35.0. The van der Waals surface area contributed by atoms with Crippen LogP contribution in [0.3, 0.4) is 0 Å². The molecule has 1 aliphatic heterocycles. The Morgan fingerprint density at radius 2 is 1.93 bits per heavy atom. The lowest BCUT2D eigenvalue weighted by Gasteiger charge is -2.34. The van der Waals surface area contributed by atoms with Gasteiger partial charge < -0.3 is 15.2 Å². The zero-order chi connectivity index (χ0) is 10.7. The van der Waals surface area contributed by atoms with E-state index in [0.717, 1.165) is 12.8 Å². The zero-order valence-electron chi connectivity index (χ0n) is 9.03. The van der Waals surface area contributed by atoms with E-state index in [4.69, 9.17) is 10.5 Å². The van der Waals surface area contributed by atoms with Crippen molar-refractivity contribution in [3.63, 3.8) is 0 Å². The summed E-state index contributed by atoms with van der Waals surface area (Å²) in [6.07, 6.45) is 2.03. The van der Waals surface area contributed by atoms with Gasteiger partial charge >= 0.3 is 5.97 Å². The standard InChI is InChI=1S/C10H19NO3/c1-6-4-8(5-7(2)14-6)9(11)10(12)13-3/h6-9H,4-5,11H2,1-3H3/t6-,7+,8?,9?. The Kier molecular flexibility index (Phi) is 3.89. The molecule has 4 nitrogen and oxygen atoms in total. The Labute approximate surface area is 84.7 Å². The van der Waals surface area contributed by atoms with Gasteiger partial charge in [-0.2, -0.15) is 0 Å². The van der Waals surface area contributed by atoms with Gasteiger partial charge in [-0.1, -0.05) is 0 Å². The summed E-state index contributed by atoms with van der Waals surface area (Å²) < 4.78 is 10.2. The van der Waals surface area contributed by atoms with Crippen LogP contribution in [0.15, 0.2) is 0 Å². The first-order chi connectivity index (χ1) is 6.54. The van der Waals surface area contributed by atoms with Crippen LogP contribution < -0.4 is 5.73 Å². The summed E-state index contributed by atoms with van der Waals surface area (Å²) in [7, 11) is 1.37. The van der Waals surface area contributed by atoms with Crippen LogP contribution in [-0.4, -0.2) is 31.3 Å². The Balaban J connectivity index is 2.54. The van der Waals surface area contributed by atoms with Crippen molar-refractivity contribution in [1.82, 2.24) is 0 Å². The van der Waals surface area contributed by atoms with Gasteiger partial charge in [-0.25, -0.2) is 0 Å². The Bertz CT molecular complexity index is 198. The average Bonchev–Trinajstić information content (AvgIpc) is 2.14. The molecule has 4 atom stereocenters. The molecule has 0 amide bonds. The van der Waals surface area contributed by atoms with E-state index in [0.29, 0.717) is 0 Å². The molecule has 0 aromatic heterocycles. The summed E-state index contributed by atoms with van der Waals surface area (Å²) in [4.78, 5) is 11.2. The molecular formula is C10H19NO3. The zero-order valence-corrected chi connectivity index (χ0v) is 9.03. The smallest absolute Gasteiger partial charge is 0.322 e. The lowest BCUT2D eigenvalue weighted by Crippen LogP contribution is -2.44. The number of carbonyl (C=O) groups excluding carboxylic acids is 1. The highest BCUT2D eigenvalue weighted by atomic mass is 16.5. The Hall–Kier alpha value is -0.610. The molecular weight excluding hydrogens is 182 g/mol. The molecule has 0 aliphatic carbocycles. The maximum Gasteiger partial charge on any atom is 0.322 e. The molecule has 2 unspecified atom stereocenters. The first kappa shape index (κ1) is 11.5. The fraction of sp³-hybridized carbons (Fsp3) is 0.900. The van der Waals surface area contributed by atoms with E-state index < -0.39 is 6.04 Å². The second-order valence-electron chi connectivity index (χ2n) is 4.04. The van der Waals surface area contributed by atoms with Crippen LogP contribution in [0.4, 0.5) is 0 Å². The second-order valence-corrected chi connectivity index (χ2v) is 4.04. The monoisotopic (exact) mass is 201 g/mol. The lowest BCUT2D eigenvalue weighted by molar-refractivity contribution is -0.145. The third kappa shape index (κ3) is 2.69.